The first-order valence-corrected chi connectivity index (χ1v) is 8.97. The Morgan fingerprint density at radius 2 is 1.96 bits per heavy atom. The first-order chi connectivity index (χ1) is 12.9. The van der Waals surface area contributed by atoms with Crippen LogP contribution < -0.4 is 10.6 Å². The topological polar surface area (TPSA) is 80.0 Å². The van der Waals surface area contributed by atoms with Crippen molar-refractivity contribution >= 4 is 17.3 Å². The summed E-state index contributed by atoms with van der Waals surface area (Å²) in [5, 5.41) is 10.3. The average Bonchev–Trinajstić information content (AvgIpc) is 3.11. The Bertz CT molecular complexity index is 947. The van der Waals surface area contributed by atoms with Gasteiger partial charge in [-0.3, -0.25) is 4.79 Å². The lowest BCUT2D eigenvalue weighted by Crippen LogP contribution is -2.17. The van der Waals surface area contributed by atoms with Gasteiger partial charge in [-0.05, 0) is 37.6 Å². The van der Waals surface area contributed by atoms with Gasteiger partial charge in [0.05, 0.1) is 6.54 Å². The molecule has 0 aliphatic rings. The molecule has 0 radical (unpaired) electrons. The number of carbonyl (C=O) groups is 1. The molecule has 0 spiro atoms. The van der Waals surface area contributed by atoms with E-state index in [1.807, 2.05) is 70.2 Å². The second kappa shape index (κ2) is 8.03. The van der Waals surface area contributed by atoms with Crippen molar-refractivity contribution in [3.05, 3.63) is 59.5 Å². The van der Waals surface area contributed by atoms with E-state index in [1.165, 1.54) is 0 Å². The second-order valence-electron chi connectivity index (χ2n) is 6.91. The van der Waals surface area contributed by atoms with Crippen LogP contribution in [0.15, 0.2) is 47.0 Å². The van der Waals surface area contributed by atoms with Crippen molar-refractivity contribution < 1.29 is 9.32 Å². The number of nitrogens with zero attached hydrogens (tertiary/aromatic N) is 2. The molecule has 1 amide bonds. The smallest absolute Gasteiger partial charge is 0.246 e. The Kier molecular flexibility index (Phi) is 5.54. The van der Waals surface area contributed by atoms with Gasteiger partial charge in [0.15, 0.2) is 0 Å². The van der Waals surface area contributed by atoms with Gasteiger partial charge in [0.25, 0.3) is 0 Å². The molecule has 1 heterocycles. The van der Waals surface area contributed by atoms with E-state index in [4.69, 9.17) is 4.52 Å². The van der Waals surface area contributed by atoms with Crippen molar-refractivity contribution in [2.24, 2.45) is 5.92 Å². The Labute approximate surface area is 159 Å². The van der Waals surface area contributed by atoms with Crippen molar-refractivity contribution in [1.82, 2.24) is 10.1 Å². The van der Waals surface area contributed by atoms with Gasteiger partial charge < -0.3 is 15.2 Å². The fourth-order valence-electron chi connectivity index (χ4n) is 2.58. The standard InChI is InChI=1S/C21H24N4O2/c1-13(2)21(26)23-17-9-8-15(4)18(11-17)22-12-19-24-20(25-27-19)16-7-5-6-14(3)10-16/h5-11,13,22H,12H2,1-4H3,(H,23,26). The molecule has 0 saturated carbocycles. The lowest BCUT2D eigenvalue weighted by Gasteiger charge is -2.12. The number of carbonyl (C=O) groups excluding carboxylic acids is 1. The predicted octanol–water partition coefficient (Wildman–Crippen LogP) is 4.56. The van der Waals surface area contributed by atoms with Crippen molar-refractivity contribution in [2.75, 3.05) is 10.6 Å². The van der Waals surface area contributed by atoms with Gasteiger partial charge in [-0.25, -0.2) is 0 Å². The third-order valence-electron chi connectivity index (χ3n) is 4.20. The van der Waals surface area contributed by atoms with Crippen molar-refractivity contribution in [1.29, 1.82) is 0 Å². The summed E-state index contributed by atoms with van der Waals surface area (Å²) >= 11 is 0. The normalized spacial score (nSPS) is 10.9. The number of amides is 1. The maximum Gasteiger partial charge on any atom is 0.246 e. The molecule has 0 unspecified atom stereocenters. The predicted molar refractivity (Wildman–Crippen MR) is 106 cm³/mol. The lowest BCUT2D eigenvalue weighted by molar-refractivity contribution is -0.118. The van der Waals surface area contributed by atoms with Crippen LogP contribution in [0.2, 0.25) is 0 Å². The fraction of sp³-hybridized carbons (Fsp3) is 0.286. The van der Waals surface area contributed by atoms with Crippen molar-refractivity contribution in [3.63, 3.8) is 0 Å². The van der Waals surface area contributed by atoms with Gasteiger partial charge in [0.1, 0.15) is 0 Å². The van der Waals surface area contributed by atoms with E-state index < -0.39 is 0 Å². The van der Waals surface area contributed by atoms with Gasteiger partial charge in [-0.15, -0.1) is 0 Å². The van der Waals surface area contributed by atoms with E-state index >= 15 is 0 Å². The first kappa shape index (κ1) is 18.6. The summed E-state index contributed by atoms with van der Waals surface area (Å²) < 4.78 is 5.35. The van der Waals surface area contributed by atoms with Gasteiger partial charge in [-0.2, -0.15) is 4.98 Å². The fourth-order valence-corrected chi connectivity index (χ4v) is 2.58. The minimum atomic E-state index is -0.0684. The molecular weight excluding hydrogens is 340 g/mol. The summed E-state index contributed by atoms with van der Waals surface area (Å²) in [6.07, 6.45) is 0. The Morgan fingerprint density at radius 1 is 1.15 bits per heavy atom. The molecule has 0 aliphatic carbocycles. The molecule has 2 aromatic carbocycles. The van der Waals surface area contributed by atoms with Gasteiger partial charge in [0.2, 0.25) is 17.6 Å². The van der Waals surface area contributed by atoms with Crippen LogP contribution in [0.5, 0.6) is 0 Å². The molecule has 0 bridgehead atoms. The summed E-state index contributed by atoms with van der Waals surface area (Å²) in [5.41, 5.74) is 4.81. The first-order valence-electron chi connectivity index (χ1n) is 8.97. The molecule has 0 saturated heterocycles. The zero-order valence-corrected chi connectivity index (χ0v) is 16.0. The molecule has 3 rings (SSSR count). The van der Waals surface area contributed by atoms with Gasteiger partial charge in [0, 0.05) is 22.9 Å². The number of hydrogen-bond donors (Lipinski definition) is 2. The SMILES string of the molecule is Cc1cccc(-c2noc(CNc3cc(NC(=O)C(C)C)ccc3C)n2)c1. The van der Waals surface area contributed by atoms with E-state index in [2.05, 4.69) is 20.8 Å². The molecule has 3 aromatic rings. The average molecular weight is 364 g/mol. The van der Waals surface area contributed by atoms with Crippen LogP contribution in [0.3, 0.4) is 0 Å². The Hall–Kier alpha value is -3.15. The number of benzene rings is 2. The zero-order valence-electron chi connectivity index (χ0n) is 16.0. The molecule has 2 N–H and O–H groups in total. The largest absolute Gasteiger partial charge is 0.376 e. The third kappa shape index (κ3) is 4.73. The van der Waals surface area contributed by atoms with Crippen LogP contribution in [0.4, 0.5) is 11.4 Å². The molecular formula is C21H24N4O2. The molecule has 6 nitrogen and oxygen atoms in total. The van der Waals surface area contributed by atoms with E-state index in [9.17, 15) is 4.79 Å². The maximum atomic E-state index is 11.9. The number of rotatable bonds is 6. The summed E-state index contributed by atoms with van der Waals surface area (Å²) in [4.78, 5) is 16.3. The third-order valence-corrected chi connectivity index (χ3v) is 4.20. The highest BCUT2D eigenvalue weighted by molar-refractivity contribution is 5.92. The van der Waals surface area contributed by atoms with Crippen molar-refractivity contribution in [2.45, 2.75) is 34.2 Å². The molecule has 27 heavy (non-hydrogen) atoms. The van der Waals surface area contributed by atoms with Crippen LogP contribution in [0.25, 0.3) is 11.4 Å². The van der Waals surface area contributed by atoms with E-state index in [-0.39, 0.29) is 11.8 Å². The zero-order chi connectivity index (χ0) is 19.4. The number of aromatic nitrogens is 2. The lowest BCUT2D eigenvalue weighted by atomic mass is 10.1. The monoisotopic (exact) mass is 364 g/mol. The van der Waals surface area contributed by atoms with Crippen LogP contribution >= 0.6 is 0 Å². The second-order valence-corrected chi connectivity index (χ2v) is 6.91. The summed E-state index contributed by atoms with van der Waals surface area (Å²) in [6, 6.07) is 13.7. The maximum absolute atomic E-state index is 11.9. The highest BCUT2D eigenvalue weighted by atomic mass is 16.5. The van der Waals surface area contributed by atoms with Crippen LogP contribution in [0.1, 0.15) is 30.9 Å². The number of aryl methyl sites for hydroxylation is 2. The Morgan fingerprint density at radius 3 is 2.70 bits per heavy atom. The van der Waals surface area contributed by atoms with E-state index in [0.717, 1.165) is 28.1 Å². The quantitative estimate of drug-likeness (QED) is 0.670. The highest BCUT2D eigenvalue weighted by Gasteiger charge is 2.11. The number of nitrogens with one attached hydrogen (secondary N) is 2. The Balaban J connectivity index is 1.69. The van der Waals surface area contributed by atoms with Gasteiger partial charge in [-0.1, -0.05) is 48.8 Å². The van der Waals surface area contributed by atoms with Crippen molar-refractivity contribution in [3.8, 4) is 11.4 Å². The minimum Gasteiger partial charge on any atom is -0.376 e. The van der Waals surface area contributed by atoms with E-state index in [0.29, 0.717) is 18.3 Å². The van der Waals surface area contributed by atoms with Gasteiger partial charge >= 0.3 is 0 Å². The minimum absolute atomic E-state index is 0.00972. The van der Waals surface area contributed by atoms with Crippen LogP contribution in [0, 0.1) is 19.8 Å². The molecule has 6 heteroatoms. The summed E-state index contributed by atoms with van der Waals surface area (Å²) in [5.74, 6) is 0.998. The number of anilines is 2. The van der Waals surface area contributed by atoms with Crippen LogP contribution in [-0.4, -0.2) is 16.0 Å². The molecule has 1 aromatic heterocycles. The summed E-state index contributed by atoms with van der Waals surface area (Å²) in [7, 11) is 0. The number of hydrogen-bond acceptors (Lipinski definition) is 5. The molecule has 0 aliphatic heterocycles. The highest BCUT2D eigenvalue weighted by Crippen LogP contribution is 2.22. The molecule has 0 fully saturated rings. The summed E-state index contributed by atoms with van der Waals surface area (Å²) in [6.45, 7) is 8.16. The van der Waals surface area contributed by atoms with Crippen LogP contribution in [-0.2, 0) is 11.3 Å². The molecule has 0 atom stereocenters. The van der Waals surface area contributed by atoms with E-state index in [1.54, 1.807) is 0 Å². The molecule has 140 valence electrons.